The second kappa shape index (κ2) is 8.37. The molecular weight excluding hydrogens is 270 g/mol. The molecule has 0 spiro atoms. The third-order valence-corrected chi connectivity index (χ3v) is 3.96. The Morgan fingerprint density at radius 1 is 1.30 bits per heavy atom. The summed E-state index contributed by atoms with van der Waals surface area (Å²) in [6, 6.07) is 0. The van der Waals surface area contributed by atoms with Crippen molar-refractivity contribution >= 4 is 17.2 Å². The minimum absolute atomic E-state index is 0.0712. The van der Waals surface area contributed by atoms with Crippen LogP contribution < -0.4 is 11.1 Å². The van der Waals surface area contributed by atoms with Crippen LogP contribution in [0.2, 0.25) is 0 Å². The molecular formula is C15H27N3OS. The van der Waals surface area contributed by atoms with E-state index in [9.17, 15) is 4.79 Å². The molecule has 0 saturated carbocycles. The molecule has 1 amide bonds. The second-order valence-electron chi connectivity index (χ2n) is 6.11. The minimum atomic E-state index is 0.0712. The third-order valence-electron chi connectivity index (χ3n) is 3.11. The molecule has 1 rings (SSSR count). The molecule has 0 aliphatic rings. The smallest absolute Gasteiger partial charge is 0.220 e. The number of amides is 1. The van der Waals surface area contributed by atoms with Gasteiger partial charge >= 0.3 is 0 Å². The first-order chi connectivity index (χ1) is 9.43. The Labute approximate surface area is 126 Å². The number of nitrogens with zero attached hydrogens (tertiary/aromatic N) is 1. The number of unbranched alkanes of at least 4 members (excludes halogenated alkanes) is 3. The first-order valence-electron chi connectivity index (χ1n) is 7.35. The summed E-state index contributed by atoms with van der Waals surface area (Å²) in [5.41, 5.74) is 6.59. The molecule has 5 heteroatoms. The van der Waals surface area contributed by atoms with E-state index < -0.39 is 0 Å². The Hall–Kier alpha value is -0.940. The van der Waals surface area contributed by atoms with Crippen LogP contribution >= 0.6 is 11.3 Å². The van der Waals surface area contributed by atoms with Gasteiger partial charge in [-0.2, -0.15) is 0 Å². The molecule has 0 aliphatic carbocycles. The first-order valence-corrected chi connectivity index (χ1v) is 8.23. The van der Waals surface area contributed by atoms with Gasteiger partial charge in [0.25, 0.3) is 0 Å². The van der Waals surface area contributed by atoms with E-state index in [2.05, 4.69) is 36.5 Å². The van der Waals surface area contributed by atoms with E-state index in [0.717, 1.165) is 42.9 Å². The molecule has 0 aromatic carbocycles. The van der Waals surface area contributed by atoms with E-state index in [1.165, 1.54) is 0 Å². The van der Waals surface area contributed by atoms with Crippen LogP contribution in [0.15, 0.2) is 5.38 Å². The summed E-state index contributed by atoms with van der Waals surface area (Å²) >= 11 is 1.61. The Kier molecular flexibility index (Phi) is 7.16. The minimum Gasteiger partial charge on any atom is -0.350 e. The summed E-state index contributed by atoms with van der Waals surface area (Å²) in [6.07, 6.45) is 4.79. The highest BCUT2D eigenvalue weighted by Gasteiger charge is 2.17. The van der Waals surface area contributed by atoms with Crippen molar-refractivity contribution in [2.45, 2.75) is 64.8 Å². The van der Waals surface area contributed by atoms with Crippen LogP contribution in [0.1, 0.15) is 63.6 Å². The number of carbonyl (C=O) groups is 1. The van der Waals surface area contributed by atoms with Gasteiger partial charge in [0.05, 0.1) is 12.2 Å². The molecule has 114 valence electrons. The zero-order chi connectivity index (χ0) is 15.0. The van der Waals surface area contributed by atoms with Crippen LogP contribution in [0, 0.1) is 0 Å². The van der Waals surface area contributed by atoms with Gasteiger partial charge in [-0.1, -0.05) is 33.6 Å². The van der Waals surface area contributed by atoms with Crippen molar-refractivity contribution < 1.29 is 4.79 Å². The van der Waals surface area contributed by atoms with Gasteiger partial charge in [-0.25, -0.2) is 4.98 Å². The molecule has 0 unspecified atom stereocenters. The molecule has 0 atom stereocenters. The normalized spacial score (nSPS) is 11.6. The molecule has 0 fully saturated rings. The zero-order valence-electron chi connectivity index (χ0n) is 12.9. The molecule has 3 N–H and O–H groups in total. The van der Waals surface area contributed by atoms with E-state index in [1.807, 2.05) is 0 Å². The summed E-state index contributed by atoms with van der Waals surface area (Å²) < 4.78 is 0. The standard InChI is InChI=1S/C15H27N3OS/c1-15(2,3)12-11-20-14(18-12)10-17-13(19)8-6-4-5-7-9-16/h11H,4-10,16H2,1-3H3,(H,17,19). The lowest BCUT2D eigenvalue weighted by Crippen LogP contribution is -2.22. The van der Waals surface area contributed by atoms with E-state index >= 15 is 0 Å². The van der Waals surface area contributed by atoms with Gasteiger partial charge in [-0.15, -0.1) is 11.3 Å². The van der Waals surface area contributed by atoms with Gasteiger partial charge < -0.3 is 11.1 Å². The van der Waals surface area contributed by atoms with Gasteiger partial charge in [0.1, 0.15) is 5.01 Å². The van der Waals surface area contributed by atoms with Crippen LogP contribution in [-0.2, 0) is 16.8 Å². The van der Waals surface area contributed by atoms with Gasteiger partial charge in [0.2, 0.25) is 5.91 Å². The molecule has 0 aliphatic heterocycles. The van der Waals surface area contributed by atoms with Crippen LogP contribution in [0.3, 0.4) is 0 Å². The topological polar surface area (TPSA) is 68.0 Å². The predicted octanol–water partition coefficient (Wildman–Crippen LogP) is 2.97. The van der Waals surface area contributed by atoms with Crippen LogP contribution in [0.5, 0.6) is 0 Å². The lowest BCUT2D eigenvalue weighted by Gasteiger charge is -2.14. The van der Waals surface area contributed by atoms with Crippen molar-refractivity contribution in [1.29, 1.82) is 0 Å². The number of thiazole rings is 1. The largest absolute Gasteiger partial charge is 0.350 e. The van der Waals surface area contributed by atoms with Crippen molar-refractivity contribution in [3.05, 3.63) is 16.1 Å². The zero-order valence-corrected chi connectivity index (χ0v) is 13.7. The highest BCUT2D eigenvalue weighted by Crippen LogP contribution is 2.23. The third kappa shape index (κ3) is 6.48. The quantitative estimate of drug-likeness (QED) is 0.725. The van der Waals surface area contributed by atoms with Gasteiger partial charge in [0.15, 0.2) is 0 Å². The Balaban J connectivity index is 2.22. The van der Waals surface area contributed by atoms with Crippen molar-refractivity contribution in [3.63, 3.8) is 0 Å². The van der Waals surface area contributed by atoms with E-state index in [-0.39, 0.29) is 11.3 Å². The van der Waals surface area contributed by atoms with Gasteiger partial charge in [-0.05, 0) is 19.4 Å². The average Bonchev–Trinajstić information content (AvgIpc) is 2.85. The average molecular weight is 297 g/mol. The van der Waals surface area contributed by atoms with Crippen molar-refractivity contribution in [3.8, 4) is 0 Å². The number of rotatable bonds is 8. The second-order valence-corrected chi connectivity index (χ2v) is 7.05. The Morgan fingerprint density at radius 2 is 2.00 bits per heavy atom. The molecule has 0 radical (unpaired) electrons. The lowest BCUT2D eigenvalue weighted by molar-refractivity contribution is -0.121. The molecule has 1 aromatic heterocycles. The molecule has 20 heavy (non-hydrogen) atoms. The predicted molar refractivity (Wildman–Crippen MR) is 84.8 cm³/mol. The van der Waals surface area contributed by atoms with Crippen molar-refractivity contribution in [2.24, 2.45) is 5.73 Å². The van der Waals surface area contributed by atoms with Crippen molar-refractivity contribution in [2.75, 3.05) is 6.54 Å². The molecule has 1 heterocycles. The maximum atomic E-state index is 11.7. The SMILES string of the molecule is CC(C)(C)c1csc(CNC(=O)CCCCCCN)n1. The first kappa shape index (κ1) is 17.1. The number of hydrogen-bond acceptors (Lipinski definition) is 4. The number of carbonyl (C=O) groups excluding carboxylic acids is 1. The summed E-state index contributed by atoms with van der Waals surface area (Å²) in [6.45, 7) is 7.72. The fourth-order valence-electron chi connectivity index (χ4n) is 1.78. The van der Waals surface area contributed by atoms with E-state index in [1.54, 1.807) is 11.3 Å². The summed E-state index contributed by atoms with van der Waals surface area (Å²) in [5, 5.41) is 5.99. The number of hydrogen-bond donors (Lipinski definition) is 2. The highest BCUT2D eigenvalue weighted by molar-refractivity contribution is 7.09. The molecule has 0 bridgehead atoms. The number of nitrogens with one attached hydrogen (secondary N) is 1. The number of aromatic nitrogens is 1. The molecule has 0 saturated heterocycles. The van der Waals surface area contributed by atoms with Crippen molar-refractivity contribution in [1.82, 2.24) is 10.3 Å². The fourth-order valence-corrected chi connectivity index (χ4v) is 2.74. The molecule has 1 aromatic rings. The lowest BCUT2D eigenvalue weighted by atomic mass is 9.93. The monoisotopic (exact) mass is 297 g/mol. The maximum absolute atomic E-state index is 11.7. The molecule has 4 nitrogen and oxygen atoms in total. The summed E-state index contributed by atoms with van der Waals surface area (Å²) in [7, 11) is 0. The fraction of sp³-hybridized carbons (Fsp3) is 0.733. The van der Waals surface area contributed by atoms with Crippen LogP contribution in [0.4, 0.5) is 0 Å². The van der Waals surface area contributed by atoms with Gasteiger partial charge in [-0.3, -0.25) is 4.79 Å². The van der Waals surface area contributed by atoms with E-state index in [0.29, 0.717) is 13.0 Å². The summed E-state index contributed by atoms with van der Waals surface area (Å²) in [4.78, 5) is 16.3. The van der Waals surface area contributed by atoms with Crippen LogP contribution in [-0.4, -0.2) is 17.4 Å². The van der Waals surface area contributed by atoms with E-state index in [4.69, 9.17) is 5.73 Å². The van der Waals surface area contributed by atoms with Gasteiger partial charge in [0, 0.05) is 17.2 Å². The Morgan fingerprint density at radius 3 is 2.60 bits per heavy atom. The highest BCUT2D eigenvalue weighted by atomic mass is 32.1. The Bertz CT molecular complexity index is 409. The maximum Gasteiger partial charge on any atom is 0.220 e. The number of nitrogens with two attached hydrogens (primary N) is 1. The van der Waals surface area contributed by atoms with Crippen LogP contribution in [0.25, 0.3) is 0 Å². The summed E-state index contributed by atoms with van der Waals surface area (Å²) in [5.74, 6) is 0.116.